The molecule has 0 aromatic carbocycles. The number of esters is 2. The van der Waals surface area contributed by atoms with Crippen LogP contribution in [0.4, 0.5) is 0 Å². The number of aliphatic hydroxyl groups excluding tert-OH is 1. The molecule has 158 valence electrons. The highest BCUT2D eigenvalue weighted by molar-refractivity contribution is 5.76. The van der Waals surface area contributed by atoms with Gasteiger partial charge in [-0.25, -0.2) is 19.4 Å². The third-order valence-electron chi connectivity index (χ3n) is 3.85. The van der Waals surface area contributed by atoms with Crippen LogP contribution in [0, 0.1) is 0 Å². The Bertz CT molecular complexity index is 560. The molecule has 3 N–H and O–H groups in total. The van der Waals surface area contributed by atoms with E-state index in [0.29, 0.717) is 51.6 Å². The van der Waals surface area contributed by atoms with Crippen molar-refractivity contribution in [1.29, 1.82) is 0 Å². The fourth-order valence-electron chi connectivity index (χ4n) is 2.38. The largest absolute Gasteiger partial charge is 0.468 e. The first-order chi connectivity index (χ1) is 13.5. The SMILES string of the molecule is COC(=O)C(CCCCNC(O)NC(CCCCN=C=O)C(=O)OC)N=C=O. The van der Waals surface area contributed by atoms with E-state index in [-0.39, 0.29) is 0 Å². The van der Waals surface area contributed by atoms with Gasteiger partial charge in [0.25, 0.3) is 0 Å². The zero-order valence-electron chi connectivity index (χ0n) is 16.2. The van der Waals surface area contributed by atoms with Crippen LogP contribution in [0.1, 0.15) is 38.5 Å². The Balaban J connectivity index is 4.20. The van der Waals surface area contributed by atoms with Gasteiger partial charge in [0.15, 0.2) is 12.4 Å². The van der Waals surface area contributed by atoms with E-state index in [9.17, 15) is 24.3 Å². The van der Waals surface area contributed by atoms with E-state index in [1.54, 1.807) is 0 Å². The number of rotatable bonds is 16. The van der Waals surface area contributed by atoms with Crippen molar-refractivity contribution in [2.45, 2.75) is 57.0 Å². The summed E-state index contributed by atoms with van der Waals surface area (Å²) < 4.78 is 9.25. The van der Waals surface area contributed by atoms with Gasteiger partial charge in [0.2, 0.25) is 12.2 Å². The van der Waals surface area contributed by atoms with Crippen LogP contribution in [0.2, 0.25) is 0 Å². The molecule has 0 aromatic rings. The molecule has 0 spiro atoms. The average molecular weight is 400 g/mol. The number of carbonyl (C=O) groups is 2. The highest BCUT2D eigenvalue weighted by Gasteiger charge is 2.21. The standard InChI is InChI=1S/C17H28N4O7/c1-27-15(24)13(20-12-23)7-4-6-10-19-17(26)21-14(16(25)28-2)8-3-5-9-18-11-22/h13-14,17,19,21,26H,3-10H2,1-2H3. The molecule has 0 saturated carbocycles. The molecule has 3 atom stereocenters. The number of aliphatic hydroxyl groups is 1. The first-order valence-corrected chi connectivity index (χ1v) is 8.93. The van der Waals surface area contributed by atoms with Crippen LogP contribution in [0.15, 0.2) is 9.98 Å². The summed E-state index contributed by atoms with van der Waals surface area (Å²) in [6.07, 6.45) is 4.75. The number of aliphatic imine (C=N–C) groups is 2. The number of hydrogen-bond donors (Lipinski definition) is 3. The monoisotopic (exact) mass is 400 g/mol. The molecule has 0 fully saturated rings. The minimum atomic E-state index is -1.14. The molecule has 0 heterocycles. The molecular formula is C17H28N4O7. The molecule has 0 bridgehead atoms. The van der Waals surface area contributed by atoms with Gasteiger partial charge in [0.05, 0.1) is 20.8 Å². The number of nitrogens with one attached hydrogen (secondary N) is 2. The second-order valence-corrected chi connectivity index (χ2v) is 5.82. The predicted octanol–water partition coefficient (Wildman–Crippen LogP) is -0.463. The number of ether oxygens (including phenoxy) is 2. The number of isocyanates is 2. The summed E-state index contributed by atoms with van der Waals surface area (Å²) in [5.41, 5.74) is 0. The van der Waals surface area contributed by atoms with Gasteiger partial charge >= 0.3 is 11.9 Å². The van der Waals surface area contributed by atoms with E-state index < -0.39 is 30.4 Å². The molecule has 0 aliphatic heterocycles. The van der Waals surface area contributed by atoms with Crippen molar-refractivity contribution in [1.82, 2.24) is 10.6 Å². The first-order valence-electron chi connectivity index (χ1n) is 8.93. The van der Waals surface area contributed by atoms with Gasteiger partial charge in [-0.3, -0.25) is 15.4 Å². The van der Waals surface area contributed by atoms with Crippen molar-refractivity contribution in [3.8, 4) is 0 Å². The molecule has 0 saturated heterocycles. The maximum absolute atomic E-state index is 11.8. The van der Waals surface area contributed by atoms with Gasteiger partial charge in [-0.15, -0.1) is 0 Å². The Kier molecular flexibility index (Phi) is 15.3. The van der Waals surface area contributed by atoms with Crippen LogP contribution in [-0.4, -0.2) is 74.9 Å². The molecule has 0 rings (SSSR count). The van der Waals surface area contributed by atoms with Crippen molar-refractivity contribution in [2.24, 2.45) is 9.98 Å². The van der Waals surface area contributed by atoms with Crippen LogP contribution >= 0.6 is 0 Å². The molecule has 0 aliphatic carbocycles. The summed E-state index contributed by atoms with van der Waals surface area (Å²) >= 11 is 0. The number of carbonyl (C=O) groups excluding carboxylic acids is 4. The highest BCUT2D eigenvalue weighted by atomic mass is 16.5. The Labute approximate surface area is 163 Å². The number of methoxy groups -OCH3 is 2. The van der Waals surface area contributed by atoms with Crippen molar-refractivity contribution >= 4 is 24.1 Å². The lowest BCUT2D eigenvalue weighted by Gasteiger charge is -2.21. The Hall–Kier alpha value is -2.42. The van der Waals surface area contributed by atoms with Gasteiger partial charge in [0.1, 0.15) is 6.04 Å². The smallest absolute Gasteiger partial charge is 0.331 e. The van der Waals surface area contributed by atoms with E-state index in [4.69, 9.17) is 4.74 Å². The van der Waals surface area contributed by atoms with Crippen LogP contribution in [0.3, 0.4) is 0 Å². The predicted molar refractivity (Wildman–Crippen MR) is 97.6 cm³/mol. The van der Waals surface area contributed by atoms with E-state index >= 15 is 0 Å². The lowest BCUT2D eigenvalue weighted by Crippen LogP contribution is -2.50. The average Bonchev–Trinajstić information content (AvgIpc) is 2.70. The Morgan fingerprint density at radius 2 is 1.68 bits per heavy atom. The summed E-state index contributed by atoms with van der Waals surface area (Å²) in [6, 6.07) is -1.59. The Morgan fingerprint density at radius 3 is 2.29 bits per heavy atom. The summed E-state index contributed by atoms with van der Waals surface area (Å²) in [4.78, 5) is 50.3. The van der Waals surface area contributed by atoms with E-state index in [1.807, 2.05) is 0 Å². The molecule has 0 aliphatic rings. The molecule has 11 nitrogen and oxygen atoms in total. The minimum absolute atomic E-state index is 0.321. The first kappa shape index (κ1) is 25.6. The van der Waals surface area contributed by atoms with Gasteiger partial charge < -0.3 is 14.6 Å². The quantitative estimate of drug-likeness (QED) is 0.102. The van der Waals surface area contributed by atoms with Gasteiger partial charge in [-0.05, 0) is 45.1 Å². The van der Waals surface area contributed by atoms with Gasteiger partial charge in [0, 0.05) is 0 Å². The molecule has 0 radical (unpaired) electrons. The van der Waals surface area contributed by atoms with Crippen LogP contribution in [0.25, 0.3) is 0 Å². The van der Waals surface area contributed by atoms with Gasteiger partial charge in [-0.1, -0.05) is 0 Å². The zero-order valence-corrected chi connectivity index (χ0v) is 16.2. The van der Waals surface area contributed by atoms with Crippen LogP contribution < -0.4 is 10.6 Å². The second-order valence-electron chi connectivity index (χ2n) is 5.82. The minimum Gasteiger partial charge on any atom is -0.468 e. The van der Waals surface area contributed by atoms with E-state index in [1.165, 1.54) is 26.4 Å². The molecular weight excluding hydrogens is 372 g/mol. The fraction of sp³-hybridized carbons (Fsp3) is 0.765. The zero-order chi connectivity index (χ0) is 21.2. The lowest BCUT2D eigenvalue weighted by molar-refractivity contribution is -0.144. The number of unbranched alkanes of at least 4 members (excludes halogenated alkanes) is 2. The van der Waals surface area contributed by atoms with Crippen molar-refractivity contribution < 1.29 is 33.8 Å². The van der Waals surface area contributed by atoms with Crippen LogP contribution in [-0.2, 0) is 28.7 Å². The normalized spacial score (nSPS) is 13.4. The fourth-order valence-corrected chi connectivity index (χ4v) is 2.38. The van der Waals surface area contributed by atoms with Crippen LogP contribution in [0.5, 0.6) is 0 Å². The maximum atomic E-state index is 11.8. The Morgan fingerprint density at radius 1 is 1.00 bits per heavy atom. The number of hydrogen-bond acceptors (Lipinski definition) is 11. The molecule has 28 heavy (non-hydrogen) atoms. The third kappa shape index (κ3) is 12.1. The van der Waals surface area contributed by atoms with E-state index in [0.717, 1.165) is 0 Å². The second kappa shape index (κ2) is 16.7. The van der Waals surface area contributed by atoms with Crippen molar-refractivity contribution in [3.05, 3.63) is 0 Å². The summed E-state index contributed by atoms with van der Waals surface area (Å²) in [7, 11) is 2.47. The summed E-state index contributed by atoms with van der Waals surface area (Å²) in [5.74, 6) is -1.11. The summed E-state index contributed by atoms with van der Waals surface area (Å²) in [5, 5.41) is 15.5. The number of nitrogens with zero attached hydrogens (tertiary/aromatic N) is 2. The molecule has 11 heteroatoms. The topological polar surface area (TPSA) is 156 Å². The van der Waals surface area contributed by atoms with Gasteiger partial charge in [-0.2, -0.15) is 4.99 Å². The van der Waals surface area contributed by atoms with E-state index in [2.05, 4.69) is 25.4 Å². The molecule has 0 amide bonds. The third-order valence-corrected chi connectivity index (χ3v) is 3.85. The highest BCUT2D eigenvalue weighted by Crippen LogP contribution is 2.06. The van der Waals surface area contributed by atoms with Crippen molar-refractivity contribution in [2.75, 3.05) is 27.3 Å². The summed E-state index contributed by atoms with van der Waals surface area (Å²) in [6.45, 7) is 0.730. The molecule has 3 unspecified atom stereocenters. The lowest BCUT2D eigenvalue weighted by atomic mass is 10.1. The van der Waals surface area contributed by atoms with Crippen molar-refractivity contribution in [3.63, 3.8) is 0 Å². The maximum Gasteiger partial charge on any atom is 0.331 e. The molecule has 0 aromatic heterocycles.